The average molecular weight is 308 g/mol. The summed E-state index contributed by atoms with van der Waals surface area (Å²) in [4.78, 5) is 24.4. The molecular formula is C16H21FN2O3. The maximum Gasteiger partial charge on any atom is 0.317 e. The Hall–Kier alpha value is -2.11. The summed E-state index contributed by atoms with van der Waals surface area (Å²) in [6, 6.07) is 5.99. The van der Waals surface area contributed by atoms with E-state index in [0.29, 0.717) is 31.0 Å². The molecule has 0 bridgehead atoms. The highest BCUT2D eigenvalue weighted by Crippen LogP contribution is 2.36. The number of nitrogens with one attached hydrogen (secondary N) is 1. The quantitative estimate of drug-likeness (QED) is 0.822. The summed E-state index contributed by atoms with van der Waals surface area (Å²) in [6.45, 7) is 2.91. The highest BCUT2D eigenvalue weighted by atomic mass is 19.1. The van der Waals surface area contributed by atoms with Crippen molar-refractivity contribution in [1.82, 2.24) is 10.2 Å². The van der Waals surface area contributed by atoms with Crippen LogP contribution in [0.2, 0.25) is 0 Å². The first-order valence-electron chi connectivity index (χ1n) is 7.49. The van der Waals surface area contributed by atoms with Gasteiger partial charge in [-0.15, -0.1) is 0 Å². The Bertz CT molecular complexity index is 550. The molecule has 1 aliphatic heterocycles. The van der Waals surface area contributed by atoms with Crippen LogP contribution < -0.4 is 5.32 Å². The Balaban J connectivity index is 2.00. The molecule has 1 aromatic rings. The number of aliphatic carboxylic acids is 1. The molecule has 0 aromatic heterocycles. The Morgan fingerprint density at radius 3 is 2.82 bits per heavy atom. The summed E-state index contributed by atoms with van der Waals surface area (Å²) >= 11 is 0. The Morgan fingerprint density at radius 1 is 1.41 bits per heavy atom. The van der Waals surface area contributed by atoms with Gasteiger partial charge in [-0.1, -0.05) is 25.1 Å². The Kier molecular flexibility index (Phi) is 5.35. The van der Waals surface area contributed by atoms with Gasteiger partial charge in [-0.25, -0.2) is 9.18 Å². The molecule has 22 heavy (non-hydrogen) atoms. The Labute approximate surface area is 129 Å². The largest absolute Gasteiger partial charge is 0.481 e. The van der Waals surface area contributed by atoms with Gasteiger partial charge in [0.25, 0.3) is 0 Å². The number of carbonyl (C=O) groups excluding carboxylic acids is 1. The third kappa shape index (κ3) is 3.96. The molecule has 2 N–H and O–H groups in total. The van der Waals surface area contributed by atoms with Crippen LogP contribution in [0.15, 0.2) is 24.3 Å². The molecule has 2 atom stereocenters. The van der Waals surface area contributed by atoms with Crippen molar-refractivity contribution >= 4 is 12.0 Å². The van der Waals surface area contributed by atoms with E-state index >= 15 is 0 Å². The molecule has 0 aliphatic carbocycles. The SMILES string of the molecule is CC1CC(c2ccccc2F)N(C(=O)NCCCC(=O)O)C1. The highest BCUT2D eigenvalue weighted by molar-refractivity contribution is 5.75. The van der Waals surface area contributed by atoms with Gasteiger partial charge in [-0.2, -0.15) is 0 Å². The lowest BCUT2D eigenvalue weighted by Crippen LogP contribution is -2.40. The number of carboxylic acids is 1. The van der Waals surface area contributed by atoms with Crippen LogP contribution in [-0.2, 0) is 4.79 Å². The molecule has 0 radical (unpaired) electrons. The molecule has 2 amide bonds. The second-order valence-corrected chi connectivity index (χ2v) is 5.76. The van der Waals surface area contributed by atoms with Crippen LogP contribution in [0, 0.1) is 11.7 Å². The maximum atomic E-state index is 14.0. The van der Waals surface area contributed by atoms with Crippen molar-refractivity contribution in [1.29, 1.82) is 0 Å². The molecule has 2 rings (SSSR count). The van der Waals surface area contributed by atoms with Gasteiger partial charge in [0.1, 0.15) is 5.82 Å². The molecule has 6 heteroatoms. The van der Waals surface area contributed by atoms with Crippen molar-refractivity contribution in [2.75, 3.05) is 13.1 Å². The zero-order chi connectivity index (χ0) is 16.1. The van der Waals surface area contributed by atoms with E-state index in [1.807, 2.05) is 6.92 Å². The van der Waals surface area contributed by atoms with Crippen molar-refractivity contribution in [3.05, 3.63) is 35.6 Å². The summed E-state index contributed by atoms with van der Waals surface area (Å²) in [5.41, 5.74) is 0.535. The number of carboxylic acid groups (broad SMARTS) is 1. The number of likely N-dealkylation sites (tertiary alicyclic amines) is 1. The number of hydrogen-bond acceptors (Lipinski definition) is 2. The topological polar surface area (TPSA) is 69.6 Å². The normalized spacial score (nSPS) is 20.9. The molecule has 1 aliphatic rings. The number of halogens is 1. The standard InChI is InChI=1S/C16H21FN2O3/c1-11-9-14(12-5-2-3-6-13(12)17)19(10-11)16(22)18-8-4-7-15(20)21/h2-3,5-6,11,14H,4,7-10H2,1H3,(H,18,22)(H,20,21). The fourth-order valence-electron chi connectivity index (χ4n) is 2.85. The van der Waals surface area contributed by atoms with Gasteiger partial charge in [-0.05, 0) is 24.8 Å². The highest BCUT2D eigenvalue weighted by Gasteiger charge is 2.35. The van der Waals surface area contributed by atoms with E-state index in [1.54, 1.807) is 23.1 Å². The van der Waals surface area contributed by atoms with Gasteiger partial charge < -0.3 is 15.3 Å². The number of nitrogens with zero attached hydrogens (tertiary/aromatic N) is 1. The zero-order valence-electron chi connectivity index (χ0n) is 12.6. The fourth-order valence-corrected chi connectivity index (χ4v) is 2.85. The molecule has 1 saturated heterocycles. The predicted molar refractivity (Wildman–Crippen MR) is 79.9 cm³/mol. The van der Waals surface area contributed by atoms with Gasteiger partial charge in [0.05, 0.1) is 6.04 Å². The van der Waals surface area contributed by atoms with E-state index < -0.39 is 5.97 Å². The van der Waals surface area contributed by atoms with Crippen LogP contribution in [0.3, 0.4) is 0 Å². The van der Waals surface area contributed by atoms with Crippen molar-refractivity contribution < 1.29 is 19.1 Å². The lowest BCUT2D eigenvalue weighted by atomic mass is 10.0. The third-order valence-corrected chi connectivity index (χ3v) is 3.88. The van der Waals surface area contributed by atoms with E-state index in [1.165, 1.54) is 6.07 Å². The van der Waals surface area contributed by atoms with Crippen LogP contribution in [0.5, 0.6) is 0 Å². The average Bonchev–Trinajstić information content (AvgIpc) is 2.85. The smallest absolute Gasteiger partial charge is 0.317 e. The summed E-state index contributed by atoms with van der Waals surface area (Å²) < 4.78 is 14.0. The number of hydrogen-bond donors (Lipinski definition) is 2. The zero-order valence-corrected chi connectivity index (χ0v) is 12.6. The molecular weight excluding hydrogens is 287 g/mol. The summed E-state index contributed by atoms with van der Waals surface area (Å²) in [5, 5.41) is 11.3. The molecule has 1 aromatic carbocycles. The molecule has 2 unspecified atom stereocenters. The number of benzene rings is 1. The van der Waals surface area contributed by atoms with E-state index in [-0.39, 0.29) is 24.3 Å². The minimum absolute atomic E-state index is 0.0213. The lowest BCUT2D eigenvalue weighted by molar-refractivity contribution is -0.137. The van der Waals surface area contributed by atoms with Gasteiger partial charge in [0.2, 0.25) is 0 Å². The number of carbonyl (C=O) groups is 2. The van der Waals surface area contributed by atoms with Crippen molar-refractivity contribution in [3.63, 3.8) is 0 Å². The number of rotatable bonds is 5. The van der Waals surface area contributed by atoms with E-state index in [4.69, 9.17) is 5.11 Å². The first-order valence-corrected chi connectivity index (χ1v) is 7.49. The van der Waals surface area contributed by atoms with Gasteiger partial charge in [-0.3, -0.25) is 4.79 Å². The summed E-state index contributed by atoms with van der Waals surface area (Å²) in [7, 11) is 0. The monoisotopic (exact) mass is 308 g/mol. The molecule has 0 spiro atoms. The van der Waals surface area contributed by atoms with Crippen LogP contribution in [0.1, 0.15) is 37.8 Å². The van der Waals surface area contributed by atoms with Crippen LogP contribution in [0.4, 0.5) is 9.18 Å². The van der Waals surface area contributed by atoms with Crippen LogP contribution in [0.25, 0.3) is 0 Å². The lowest BCUT2D eigenvalue weighted by Gasteiger charge is -2.25. The summed E-state index contributed by atoms with van der Waals surface area (Å²) in [6.07, 6.45) is 1.13. The van der Waals surface area contributed by atoms with Crippen LogP contribution in [-0.4, -0.2) is 35.1 Å². The number of amides is 2. The van der Waals surface area contributed by atoms with Crippen molar-refractivity contribution in [3.8, 4) is 0 Å². The molecule has 5 nitrogen and oxygen atoms in total. The van der Waals surface area contributed by atoms with Crippen molar-refractivity contribution in [2.45, 2.75) is 32.2 Å². The fraction of sp³-hybridized carbons (Fsp3) is 0.500. The van der Waals surface area contributed by atoms with Gasteiger partial charge in [0, 0.05) is 25.1 Å². The second kappa shape index (κ2) is 7.24. The molecule has 1 heterocycles. The van der Waals surface area contributed by atoms with Crippen molar-refractivity contribution in [2.24, 2.45) is 5.92 Å². The van der Waals surface area contributed by atoms with Gasteiger partial charge >= 0.3 is 12.0 Å². The Morgan fingerprint density at radius 2 is 2.14 bits per heavy atom. The molecule has 1 fully saturated rings. The number of urea groups is 1. The first-order chi connectivity index (χ1) is 10.5. The first kappa shape index (κ1) is 16.3. The molecule has 0 saturated carbocycles. The minimum Gasteiger partial charge on any atom is -0.481 e. The summed E-state index contributed by atoms with van der Waals surface area (Å²) in [5.74, 6) is -0.882. The van der Waals surface area contributed by atoms with E-state index in [9.17, 15) is 14.0 Å². The third-order valence-electron chi connectivity index (χ3n) is 3.88. The molecule has 120 valence electrons. The van der Waals surface area contributed by atoms with Gasteiger partial charge in [0.15, 0.2) is 0 Å². The minimum atomic E-state index is -0.881. The second-order valence-electron chi connectivity index (χ2n) is 5.76. The van der Waals surface area contributed by atoms with E-state index in [0.717, 1.165) is 6.42 Å². The van der Waals surface area contributed by atoms with Crippen LogP contribution >= 0.6 is 0 Å². The predicted octanol–water partition coefficient (Wildman–Crippen LogP) is 2.78. The van der Waals surface area contributed by atoms with E-state index in [2.05, 4.69) is 5.32 Å². The maximum absolute atomic E-state index is 14.0.